The number of rotatable bonds is 1. The van der Waals surface area contributed by atoms with Gasteiger partial charge in [0.15, 0.2) is 5.17 Å². The quantitative estimate of drug-likeness (QED) is 0.523. The van der Waals surface area contributed by atoms with Gasteiger partial charge in [0, 0.05) is 0 Å². The molecule has 0 aliphatic carbocycles. The van der Waals surface area contributed by atoms with Crippen LogP contribution in [0.5, 0.6) is 0 Å². The monoisotopic (exact) mass is 146 g/mol. The molecule has 1 rings (SSSR count). The Balaban J connectivity index is 2.47. The average Bonchev–Trinajstić information content (AvgIpc) is 2.14. The van der Waals surface area contributed by atoms with Crippen LogP contribution in [-0.2, 0) is 4.79 Å². The molecule has 1 aliphatic heterocycles. The van der Waals surface area contributed by atoms with E-state index in [-0.39, 0.29) is 0 Å². The van der Waals surface area contributed by atoms with E-state index in [1.807, 2.05) is 0 Å². The van der Waals surface area contributed by atoms with Crippen molar-refractivity contribution in [1.82, 2.24) is 0 Å². The average molecular weight is 146 g/mol. The van der Waals surface area contributed by atoms with Crippen LogP contribution in [0.3, 0.4) is 0 Å². The summed E-state index contributed by atoms with van der Waals surface area (Å²) in [5.41, 5.74) is 5.21. The molecule has 50 valence electrons. The van der Waals surface area contributed by atoms with Gasteiger partial charge in [-0.15, -0.1) is 0 Å². The Hall–Kier alpha value is -0.710. The maximum Gasteiger partial charge on any atom is 0.319 e. The zero-order valence-electron chi connectivity index (χ0n) is 4.57. The predicted molar refractivity (Wildman–Crippen MR) is 35.5 cm³/mol. The molecule has 0 bridgehead atoms. The van der Waals surface area contributed by atoms with Crippen molar-refractivity contribution in [2.45, 2.75) is 5.25 Å². The number of aliphatic imine (C=N–C) groups is 1. The summed E-state index contributed by atoms with van der Waals surface area (Å²) in [6.07, 6.45) is 0. The summed E-state index contributed by atoms with van der Waals surface area (Å²) in [5, 5.41) is 8.30. The highest BCUT2D eigenvalue weighted by atomic mass is 32.2. The largest absolute Gasteiger partial charge is 0.480 e. The van der Waals surface area contributed by atoms with Crippen molar-refractivity contribution in [3.63, 3.8) is 0 Å². The van der Waals surface area contributed by atoms with Crippen molar-refractivity contribution in [1.29, 1.82) is 0 Å². The molecule has 0 radical (unpaired) electrons. The minimum atomic E-state index is -0.843. The summed E-state index contributed by atoms with van der Waals surface area (Å²) >= 11 is 1.10. The van der Waals surface area contributed by atoms with Crippen molar-refractivity contribution in [3.8, 4) is 0 Å². The van der Waals surface area contributed by atoms with Crippen molar-refractivity contribution >= 4 is 22.9 Å². The van der Waals surface area contributed by atoms with Crippen LogP contribution in [0.4, 0.5) is 0 Å². The van der Waals surface area contributed by atoms with Gasteiger partial charge in [0.05, 0.1) is 6.54 Å². The normalized spacial score (nSPS) is 25.8. The lowest BCUT2D eigenvalue weighted by Crippen LogP contribution is -2.17. The lowest BCUT2D eigenvalue weighted by atomic mass is 10.4. The van der Waals surface area contributed by atoms with Crippen LogP contribution in [0.1, 0.15) is 0 Å². The second-order valence-electron chi connectivity index (χ2n) is 1.62. The van der Waals surface area contributed by atoms with Gasteiger partial charge in [-0.05, 0) is 0 Å². The summed E-state index contributed by atoms with van der Waals surface area (Å²) in [6.45, 7) is 0.311. The maximum atomic E-state index is 10.2. The van der Waals surface area contributed by atoms with E-state index in [2.05, 4.69) is 4.99 Å². The number of nitrogens with zero attached hydrogens (tertiary/aromatic N) is 1. The highest BCUT2D eigenvalue weighted by Crippen LogP contribution is 2.17. The topological polar surface area (TPSA) is 75.7 Å². The Labute approximate surface area is 56.1 Å². The molecule has 5 heteroatoms. The molecule has 0 saturated heterocycles. The molecule has 1 atom stereocenters. The van der Waals surface area contributed by atoms with E-state index in [0.717, 1.165) is 11.8 Å². The van der Waals surface area contributed by atoms with Gasteiger partial charge >= 0.3 is 5.97 Å². The Kier molecular flexibility index (Phi) is 1.61. The van der Waals surface area contributed by atoms with Crippen LogP contribution >= 0.6 is 11.8 Å². The second kappa shape index (κ2) is 2.26. The molecule has 0 saturated carbocycles. The molecule has 0 spiro atoms. The summed E-state index contributed by atoms with van der Waals surface area (Å²) in [4.78, 5) is 13.9. The highest BCUT2D eigenvalue weighted by molar-refractivity contribution is 8.15. The van der Waals surface area contributed by atoms with E-state index >= 15 is 0 Å². The van der Waals surface area contributed by atoms with Gasteiger partial charge < -0.3 is 10.8 Å². The van der Waals surface area contributed by atoms with Crippen LogP contribution in [0.2, 0.25) is 0 Å². The molecule has 0 aromatic carbocycles. The van der Waals surface area contributed by atoms with Gasteiger partial charge in [-0.3, -0.25) is 9.79 Å². The fraction of sp³-hybridized carbons (Fsp3) is 0.500. The standard InChI is InChI=1S/C4H6N2O2S/c5-4-6-1-2(9-4)3(7)8/h2H,1H2,(H2,5,6)(H,7,8). The SMILES string of the molecule is NC1=NCC(C(=O)O)S1. The first-order chi connectivity index (χ1) is 4.20. The van der Waals surface area contributed by atoms with E-state index in [1.165, 1.54) is 0 Å². The molecule has 4 nitrogen and oxygen atoms in total. The van der Waals surface area contributed by atoms with Gasteiger partial charge in [-0.2, -0.15) is 0 Å². The molecule has 9 heavy (non-hydrogen) atoms. The van der Waals surface area contributed by atoms with Crippen LogP contribution in [0.25, 0.3) is 0 Å². The zero-order valence-corrected chi connectivity index (χ0v) is 5.39. The molecule has 3 N–H and O–H groups in total. The molecular weight excluding hydrogens is 140 g/mol. The van der Waals surface area contributed by atoms with Crippen LogP contribution in [0, 0.1) is 0 Å². The first kappa shape index (κ1) is 6.41. The first-order valence-electron chi connectivity index (χ1n) is 2.39. The molecule has 1 aliphatic rings. The van der Waals surface area contributed by atoms with Gasteiger partial charge in [-0.25, -0.2) is 0 Å². The Morgan fingerprint density at radius 1 is 2.00 bits per heavy atom. The van der Waals surface area contributed by atoms with E-state index in [4.69, 9.17) is 10.8 Å². The van der Waals surface area contributed by atoms with E-state index in [1.54, 1.807) is 0 Å². The molecule has 0 aromatic heterocycles. The molecule has 0 amide bonds. The molecule has 1 heterocycles. The molecular formula is C4H6N2O2S. The highest BCUT2D eigenvalue weighted by Gasteiger charge is 2.23. The smallest absolute Gasteiger partial charge is 0.319 e. The fourth-order valence-corrected chi connectivity index (χ4v) is 1.21. The third kappa shape index (κ3) is 1.35. The Morgan fingerprint density at radius 3 is 2.89 bits per heavy atom. The van der Waals surface area contributed by atoms with E-state index in [0.29, 0.717) is 11.7 Å². The third-order valence-electron chi connectivity index (χ3n) is 0.951. The minimum Gasteiger partial charge on any atom is -0.480 e. The summed E-state index contributed by atoms with van der Waals surface area (Å²) in [6, 6.07) is 0. The number of carboxylic acid groups (broad SMARTS) is 1. The number of carboxylic acids is 1. The molecule has 1 unspecified atom stereocenters. The lowest BCUT2D eigenvalue weighted by molar-refractivity contribution is -0.136. The van der Waals surface area contributed by atoms with Crippen LogP contribution < -0.4 is 5.73 Å². The van der Waals surface area contributed by atoms with Gasteiger partial charge in [0.2, 0.25) is 0 Å². The maximum absolute atomic E-state index is 10.2. The summed E-state index contributed by atoms with van der Waals surface area (Å²) in [7, 11) is 0. The first-order valence-corrected chi connectivity index (χ1v) is 3.27. The zero-order chi connectivity index (χ0) is 6.85. The summed E-state index contributed by atoms with van der Waals surface area (Å²) in [5.74, 6) is -0.843. The van der Waals surface area contributed by atoms with Crippen LogP contribution in [-0.4, -0.2) is 28.0 Å². The van der Waals surface area contributed by atoms with Crippen LogP contribution in [0.15, 0.2) is 4.99 Å². The summed E-state index contributed by atoms with van der Waals surface area (Å²) < 4.78 is 0. The number of hydrogen-bond donors (Lipinski definition) is 2. The van der Waals surface area contributed by atoms with E-state index in [9.17, 15) is 4.79 Å². The number of aliphatic carboxylic acids is 1. The number of amidine groups is 1. The lowest BCUT2D eigenvalue weighted by Gasteiger charge is -1.96. The van der Waals surface area contributed by atoms with Crippen molar-refractivity contribution in [2.24, 2.45) is 10.7 Å². The second-order valence-corrected chi connectivity index (χ2v) is 2.85. The minimum absolute atomic E-state index is 0.311. The Bertz CT molecular complexity index is 168. The fourth-order valence-electron chi connectivity index (χ4n) is 0.522. The Morgan fingerprint density at radius 2 is 2.67 bits per heavy atom. The van der Waals surface area contributed by atoms with Gasteiger partial charge in [0.1, 0.15) is 5.25 Å². The number of carbonyl (C=O) groups is 1. The van der Waals surface area contributed by atoms with Crippen molar-refractivity contribution < 1.29 is 9.90 Å². The van der Waals surface area contributed by atoms with Crippen molar-refractivity contribution in [2.75, 3.05) is 6.54 Å². The third-order valence-corrected chi connectivity index (χ3v) is 1.96. The van der Waals surface area contributed by atoms with Gasteiger partial charge in [-0.1, -0.05) is 11.8 Å². The molecule has 0 fully saturated rings. The van der Waals surface area contributed by atoms with Crippen molar-refractivity contribution in [3.05, 3.63) is 0 Å². The van der Waals surface area contributed by atoms with Gasteiger partial charge in [0.25, 0.3) is 0 Å². The number of thioether (sulfide) groups is 1. The predicted octanol–water partition coefficient (Wildman–Crippen LogP) is -0.499. The number of nitrogens with two attached hydrogens (primary N) is 1. The number of hydrogen-bond acceptors (Lipinski definition) is 4. The van der Waals surface area contributed by atoms with E-state index < -0.39 is 11.2 Å². The molecule has 0 aromatic rings.